The molecule has 1 atom stereocenters. The van der Waals surface area contributed by atoms with Crippen LogP contribution in [0.15, 0.2) is 85.2 Å². The van der Waals surface area contributed by atoms with Crippen molar-refractivity contribution < 1.29 is 24.2 Å². The topological polar surface area (TPSA) is 123 Å². The van der Waals surface area contributed by atoms with Crippen LogP contribution >= 0.6 is 0 Å². The van der Waals surface area contributed by atoms with Crippen molar-refractivity contribution in [3.05, 3.63) is 102 Å². The molecule has 1 heterocycles. The van der Waals surface area contributed by atoms with Gasteiger partial charge in [0.1, 0.15) is 17.0 Å². The Labute approximate surface area is 228 Å². The first kappa shape index (κ1) is 27.6. The van der Waals surface area contributed by atoms with E-state index in [1.54, 1.807) is 30.6 Å². The Hall–Kier alpha value is -4.46. The van der Waals surface area contributed by atoms with E-state index < -0.39 is 23.1 Å². The quantitative estimate of drug-likeness (QED) is 0.295. The molecule has 39 heavy (non-hydrogen) atoms. The molecule has 0 radical (unpaired) electrons. The van der Waals surface area contributed by atoms with Crippen LogP contribution in [0.3, 0.4) is 0 Å². The van der Waals surface area contributed by atoms with Crippen LogP contribution in [0.25, 0.3) is 0 Å². The number of ether oxygens (including phenoxy) is 1. The first-order chi connectivity index (χ1) is 18.9. The Morgan fingerprint density at radius 2 is 1.72 bits per heavy atom. The number of pyridine rings is 1. The zero-order valence-electron chi connectivity index (χ0n) is 22.0. The van der Waals surface area contributed by atoms with E-state index in [0.717, 1.165) is 49.8 Å². The van der Waals surface area contributed by atoms with Gasteiger partial charge < -0.3 is 20.5 Å². The standard InChI is InChI=1S/C31H33N3O5/c1-39-25-12-13-26(28(36)20-25)27(35)14-15-29(37)34(21-22-8-4-2-5-9-22)31(30(32)38,23-10-6-3-7-11-23)24-16-18-33-19-17-24/h2,4-5,8-9,12-20,23,36H,3,6-7,10-11,21H2,1H3,(H2,32,38)/b15-14+. The molecular formula is C31H33N3O5. The summed E-state index contributed by atoms with van der Waals surface area (Å²) in [4.78, 5) is 46.2. The highest BCUT2D eigenvalue weighted by Crippen LogP contribution is 2.44. The van der Waals surface area contributed by atoms with Crippen LogP contribution in [0, 0.1) is 5.92 Å². The number of rotatable bonds is 10. The number of ketones is 1. The summed E-state index contributed by atoms with van der Waals surface area (Å²) in [5, 5.41) is 10.3. The van der Waals surface area contributed by atoms with Gasteiger partial charge in [-0.3, -0.25) is 19.4 Å². The number of aromatic nitrogens is 1. The number of benzene rings is 2. The smallest absolute Gasteiger partial charge is 0.248 e. The van der Waals surface area contributed by atoms with Gasteiger partial charge in [0.25, 0.3) is 0 Å². The predicted octanol–water partition coefficient (Wildman–Crippen LogP) is 4.52. The van der Waals surface area contributed by atoms with Crippen LogP contribution in [0.1, 0.15) is 53.6 Å². The lowest BCUT2D eigenvalue weighted by atomic mass is 9.69. The summed E-state index contributed by atoms with van der Waals surface area (Å²) in [6, 6.07) is 17.1. The van der Waals surface area contributed by atoms with Gasteiger partial charge in [-0.15, -0.1) is 0 Å². The van der Waals surface area contributed by atoms with Crippen LogP contribution in [0.4, 0.5) is 0 Å². The molecule has 1 aliphatic carbocycles. The molecule has 1 aromatic heterocycles. The van der Waals surface area contributed by atoms with Gasteiger partial charge in [0, 0.05) is 31.1 Å². The predicted molar refractivity (Wildman–Crippen MR) is 147 cm³/mol. The van der Waals surface area contributed by atoms with Crippen molar-refractivity contribution in [3.8, 4) is 11.5 Å². The van der Waals surface area contributed by atoms with Crippen LogP contribution in [0.5, 0.6) is 11.5 Å². The van der Waals surface area contributed by atoms with Crippen LogP contribution in [0.2, 0.25) is 0 Å². The fourth-order valence-electron chi connectivity index (χ4n) is 5.53. The molecule has 0 aliphatic heterocycles. The number of hydrogen-bond acceptors (Lipinski definition) is 6. The van der Waals surface area contributed by atoms with E-state index in [1.807, 2.05) is 30.3 Å². The van der Waals surface area contributed by atoms with E-state index in [-0.39, 0.29) is 23.8 Å². The molecule has 4 rings (SSSR count). The van der Waals surface area contributed by atoms with Gasteiger partial charge in [-0.2, -0.15) is 0 Å². The van der Waals surface area contributed by atoms with E-state index in [0.29, 0.717) is 11.3 Å². The van der Waals surface area contributed by atoms with E-state index in [1.165, 1.54) is 24.1 Å². The molecule has 3 aromatic rings. The first-order valence-electron chi connectivity index (χ1n) is 13.0. The summed E-state index contributed by atoms with van der Waals surface area (Å²) < 4.78 is 5.08. The van der Waals surface area contributed by atoms with Crippen molar-refractivity contribution in [2.75, 3.05) is 7.11 Å². The highest BCUT2D eigenvalue weighted by atomic mass is 16.5. The summed E-state index contributed by atoms with van der Waals surface area (Å²) in [6.45, 7) is 0.105. The van der Waals surface area contributed by atoms with Gasteiger partial charge in [0.15, 0.2) is 5.78 Å². The molecule has 0 spiro atoms. The van der Waals surface area contributed by atoms with Crippen molar-refractivity contribution in [2.45, 2.75) is 44.2 Å². The van der Waals surface area contributed by atoms with Crippen molar-refractivity contribution in [2.24, 2.45) is 11.7 Å². The Kier molecular flexibility index (Phi) is 8.76. The molecule has 202 valence electrons. The largest absolute Gasteiger partial charge is 0.507 e. The zero-order valence-corrected chi connectivity index (χ0v) is 22.0. The molecule has 8 heteroatoms. The molecule has 0 saturated heterocycles. The summed E-state index contributed by atoms with van der Waals surface area (Å²) in [5.74, 6) is -1.81. The number of phenols is 1. The first-order valence-corrected chi connectivity index (χ1v) is 13.0. The minimum absolute atomic E-state index is 0.0250. The third-order valence-corrected chi connectivity index (χ3v) is 7.42. The summed E-state index contributed by atoms with van der Waals surface area (Å²) >= 11 is 0. The number of primary amides is 1. The van der Waals surface area contributed by atoms with Crippen molar-refractivity contribution in [3.63, 3.8) is 0 Å². The number of allylic oxidation sites excluding steroid dienone is 1. The van der Waals surface area contributed by atoms with Crippen LogP contribution < -0.4 is 10.5 Å². The molecule has 1 saturated carbocycles. The van der Waals surface area contributed by atoms with Crippen molar-refractivity contribution in [1.82, 2.24) is 9.88 Å². The van der Waals surface area contributed by atoms with Crippen molar-refractivity contribution in [1.29, 1.82) is 0 Å². The number of methoxy groups -OCH3 is 1. The van der Waals surface area contributed by atoms with E-state index in [2.05, 4.69) is 4.98 Å². The lowest BCUT2D eigenvalue weighted by Crippen LogP contribution is -2.61. The fraction of sp³-hybridized carbons (Fsp3) is 0.290. The monoisotopic (exact) mass is 527 g/mol. The molecular weight excluding hydrogens is 494 g/mol. The number of phenolic OH excluding ortho intramolecular Hbond substituents is 1. The third kappa shape index (κ3) is 5.85. The number of amides is 2. The zero-order chi connectivity index (χ0) is 27.8. The molecule has 1 fully saturated rings. The molecule has 3 N–H and O–H groups in total. The maximum Gasteiger partial charge on any atom is 0.248 e. The lowest BCUT2D eigenvalue weighted by Gasteiger charge is -2.48. The Morgan fingerprint density at radius 3 is 2.33 bits per heavy atom. The second kappa shape index (κ2) is 12.4. The number of carbonyl (C=O) groups is 3. The lowest BCUT2D eigenvalue weighted by molar-refractivity contribution is -0.150. The highest BCUT2D eigenvalue weighted by Gasteiger charge is 2.52. The number of hydrogen-bond donors (Lipinski definition) is 2. The molecule has 2 aromatic carbocycles. The van der Waals surface area contributed by atoms with Gasteiger partial charge in [-0.05, 0) is 60.2 Å². The van der Waals surface area contributed by atoms with Gasteiger partial charge in [-0.1, -0.05) is 49.6 Å². The molecule has 2 amide bonds. The maximum atomic E-state index is 14.0. The van der Waals surface area contributed by atoms with E-state index >= 15 is 0 Å². The van der Waals surface area contributed by atoms with Crippen molar-refractivity contribution >= 4 is 17.6 Å². The van der Waals surface area contributed by atoms with E-state index in [9.17, 15) is 19.5 Å². The molecule has 8 nitrogen and oxygen atoms in total. The number of carbonyl (C=O) groups excluding carboxylic acids is 3. The third-order valence-electron chi connectivity index (χ3n) is 7.42. The van der Waals surface area contributed by atoms with E-state index in [4.69, 9.17) is 10.5 Å². The van der Waals surface area contributed by atoms with Gasteiger partial charge >= 0.3 is 0 Å². The van der Waals surface area contributed by atoms with Crippen LogP contribution in [-0.4, -0.2) is 39.7 Å². The Bertz CT molecular complexity index is 1340. The molecule has 1 aliphatic rings. The summed E-state index contributed by atoms with van der Waals surface area (Å²) in [7, 11) is 1.45. The maximum absolute atomic E-state index is 14.0. The SMILES string of the molecule is COc1ccc(C(=O)/C=C/C(=O)N(Cc2ccccc2)C(C(N)=O)(c2ccncc2)C2CCCCC2)c(O)c1. The van der Waals surface area contributed by atoms with Gasteiger partial charge in [0.2, 0.25) is 11.8 Å². The van der Waals surface area contributed by atoms with Crippen LogP contribution in [-0.2, 0) is 21.7 Å². The second-order valence-electron chi connectivity index (χ2n) is 9.69. The number of nitrogens with two attached hydrogens (primary N) is 1. The summed E-state index contributed by atoms with van der Waals surface area (Å²) in [6.07, 6.45) is 9.79. The molecule has 0 bridgehead atoms. The second-order valence-corrected chi connectivity index (χ2v) is 9.69. The Morgan fingerprint density at radius 1 is 1.03 bits per heavy atom. The minimum atomic E-state index is -1.45. The number of nitrogens with zero attached hydrogens (tertiary/aromatic N) is 2. The minimum Gasteiger partial charge on any atom is -0.507 e. The average Bonchev–Trinajstić information content (AvgIpc) is 2.97. The average molecular weight is 528 g/mol. The van der Waals surface area contributed by atoms with Gasteiger partial charge in [-0.25, -0.2) is 0 Å². The molecule has 1 unspecified atom stereocenters. The fourth-order valence-corrected chi connectivity index (χ4v) is 5.53. The normalized spacial score (nSPS) is 15.4. The number of aromatic hydroxyl groups is 1. The Balaban J connectivity index is 1.80. The van der Waals surface area contributed by atoms with Gasteiger partial charge in [0.05, 0.1) is 12.7 Å². The highest BCUT2D eigenvalue weighted by molar-refractivity contribution is 6.09. The summed E-state index contributed by atoms with van der Waals surface area (Å²) in [5.41, 5.74) is 6.21.